The summed E-state index contributed by atoms with van der Waals surface area (Å²) >= 11 is 14.1. The number of imidazole rings is 1. The number of benzene rings is 2. The number of aromatic nitrogens is 4. The number of aliphatic hydroxyl groups excluding tert-OH is 1. The van der Waals surface area contributed by atoms with Crippen LogP contribution in [0.1, 0.15) is 31.0 Å². The minimum Gasteiger partial charge on any atom is -0.481 e. The topological polar surface area (TPSA) is 126 Å². The van der Waals surface area contributed by atoms with Crippen LogP contribution in [0, 0.1) is 0 Å². The first-order valence-electron chi connectivity index (χ1n) is 15.2. The van der Waals surface area contributed by atoms with E-state index in [4.69, 9.17) is 38.0 Å². The molecule has 0 radical (unpaired) electrons. The van der Waals surface area contributed by atoms with Gasteiger partial charge in [-0.05, 0) is 31.5 Å². The number of aliphatic hydroxyl groups is 1. The van der Waals surface area contributed by atoms with E-state index < -0.39 is 6.10 Å². The number of methoxy groups -OCH3 is 1. The number of halogens is 2. The fourth-order valence-electron chi connectivity index (χ4n) is 5.59. The lowest BCUT2D eigenvalue weighted by Gasteiger charge is -2.15. The summed E-state index contributed by atoms with van der Waals surface area (Å²) in [6, 6.07) is 19.4. The molecular weight excluding hydrogens is 625 g/mol. The molecule has 4 heterocycles. The standard InChI is InChI=1S/C34H35Cl2N7O3/c1-20(44)15-37-18-23-19-43-30(39-23)13-12-29(42-43)27-8-4-6-25(33(27)36)24-5-3-7-26(32(24)35)28-11-9-21(34(41-28)46-2)16-38-17-22-10-14-31(45)40-22/h3-9,11-13,19-20,22,37-38,44H,10,14-18H2,1-2H3,(H,40,45)/t20-,22+/m0/s1. The first-order valence-corrected chi connectivity index (χ1v) is 15.9. The maximum atomic E-state index is 11.5. The first-order chi connectivity index (χ1) is 22.3. The molecule has 1 saturated heterocycles. The predicted octanol–water partition coefficient (Wildman–Crippen LogP) is 5.28. The van der Waals surface area contributed by atoms with Crippen molar-refractivity contribution in [1.82, 2.24) is 35.5 Å². The highest BCUT2D eigenvalue weighted by atomic mass is 35.5. The van der Waals surface area contributed by atoms with Gasteiger partial charge in [-0.2, -0.15) is 5.10 Å². The molecule has 10 nitrogen and oxygen atoms in total. The molecule has 0 spiro atoms. The number of nitrogens with zero attached hydrogens (tertiary/aromatic N) is 4. The van der Waals surface area contributed by atoms with Gasteiger partial charge < -0.3 is 25.8 Å². The maximum absolute atomic E-state index is 11.5. The van der Waals surface area contributed by atoms with Gasteiger partial charge in [-0.15, -0.1) is 0 Å². The Morgan fingerprint density at radius 2 is 1.65 bits per heavy atom. The second-order valence-electron chi connectivity index (χ2n) is 11.4. The van der Waals surface area contributed by atoms with Crippen molar-refractivity contribution in [2.24, 2.45) is 0 Å². The van der Waals surface area contributed by atoms with E-state index >= 15 is 0 Å². The van der Waals surface area contributed by atoms with E-state index in [2.05, 4.69) is 20.9 Å². The Balaban J connectivity index is 1.24. The van der Waals surface area contributed by atoms with Crippen LogP contribution in [0.25, 0.3) is 39.3 Å². The number of nitrogens with one attached hydrogen (secondary N) is 3. The average molecular weight is 661 g/mol. The molecule has 2 aromatic carbocycles. The van der Waals surface area contributed by atoms with Crippen molar-refractivity contribution in [3.8, 4) is 39.5 Å². The molecule has 0 bridgehead atoms. The summed E-state index contributed by atoms with van der Waals surface area (Å²) < 4.78 is 7.37. The molecule has 12 heteroatoms. The third-order valence-electron chi connectivity index (χ3n) is 7.88. The Kier molecular flexibility index (Phi) is 9.81. The van der Waals surface area contributed by atoms with Gasteiger partial charge in [-0.25, -0.2) is 14.5 Å². The van der Waals surface area contributed by atoms with Gasteiger partial charge in [0.05, 0.1) is 46.5 Å². The second kappa shape index (κ2) is 14.1. The zero-order chi connectivity index (χ0) is 32.2. The SMILES string of the molecule is COc1nc(-c2cccc(-c3cccc(-c4ccc5nc(CNC[C@H](C)O)cn5n4)c3Cl)c2Cl)ccc1CNC[C@H]1CCC(=O)N1. The molecule has 0 aliphatic carbocycles. The van der Waals surface area contributed by atoms with Gasteiger partial charge in [0.1, 0.15) is 0 Å². The van der Waals surface area contributed by atoms with E-state index in [1.807, 2.05) is 66.9 Å². The van der Waals surface area contributed by atoms with Crippen LogP contribution in [0.2, 0.25) is 10.0 Å². The first kappa shape index (κ1) is 31.9. The third-order valence-corrected chi connectivity index (χ3v) is 8.69. The number of carbonyl (C=O) groups excluding carboxylic acids is 1. The van der Waals surface area contributed by atoms with Crippen molar-refractivity contribution in [3.63, 3.8) is 0 Å². The summed E-state index contributed by atoms with van der Waals surface area (Å²) in [5.74, 6) is 0.605. The normalized spacial score (nSPS) is 15.3. The zero-order valence-corrected chi connectivity index (χ0v) is 27.1. The maximum Gasteiger partial charge on any atom is 0.220 e. The molecule has 1 fully saturated rings. The quantitative estimate of drug-likeness (QED) is 0.143. The third kappa shape index (κ3) is 7.01. The lowest BCUT2D eigenvalue weighted by molar-refractivity contribution is -0.119. The van der Waals surface area contributed by atoms with Crippen LogP contribution in [0.4, 0.5) is 0 Å². The number of fused-ring (bicyclic) bond motifs is 1. The van der Waals surface area contributed by atoms with Crippen LogP contribution in [0.3, 0.4) is 0 Å². The largest absolute Gasteiger partial charge is 0.481 e. The van der Waals surface area contributed by atoms with E-state index in [9.17, 15) is 9.90 Å². The van der Waals surface area contributed by atoms with Crippen molar-refractivity contribution in [3.05, 3.63) is 88.2 Å². The molecule has 0 saturated carbocycles. The molecule has 1 amide bonds. The van der Waals surface area contributed by atoms with E-state index in [-0.39, 0.29) is 11.9 Å². The lowest BCUT2D eigenvalue weighted by Crippen LogP contribution is -2.35. The van der Waals surface area contributed by atoms with Crippen molar-refractivity contribution in [2.75, 3.05) is 20.2 Å². The summed E-state index contributed by atoms with van der Waals surface area (Å²) in [4.78, 5) is 20.9. The molecule has 6 rings (SSSR count). The second-order valence-corrected chi connectivity index (χ2v) is 12.1. The van der Waals surface area contributed by atoms with Crippen LogP contribution in [0.15, 0.2) is 66.9 Å². The van der Waals surface area contributed by atoms with Gasteiger partial charge in [-0.1, -0.05) is 65.7 Å². The fraction of sp³-hybridized carbons (Fsp3) is 0.294. The van der Waals surface area contributed by atoms with Crippen LogP contribution >= 0.6 is 23.2 Å². The van der Waals surface area contributed by atoms with Crippen molar-refractivity contribution < 1.29 is 14.6 Å². The Bertz CT molecular complexity index is 1880. The van der Waals surface area contributed by atoms with Gasteiger partial charge in [0.25, 0.3) is 0 Å². The highest BCUT2D eigenvalue weighted by Crippen LogP contribution is 2.42. The molecule has 4 N–H and O–H groups in total. The molecule has 5 aromatic rings. The molecule has 238 valence electrons. The highest BCUT2D eigenvalue weighted by molar-refractivity contribution is 6.39. The van der Waals surface area contributed by atoms with Gasteiger partial charge in [-0.3, -0.25) is 4.79 Å². The minimum absolute atomic E-state index is 0.100. The smallest absolute Gasteiger partial charge is 0.220 e. The summed E-state index contributed by atoms with van der Waals surface area (Å²) in [5, 5.41) is 24.9. The van der Waals surface area contributed by atoms with E-state index in [1.165, 1.54) is 0 Å². The predicted molar refractivity (Wildman–Crippen MR) is 180 cm³/mol. The van der Waals surface area contributed by atoms with Crippen LogP contribution in [-0.2, 0) is 17.9 Å². The van der Waals surface area contributed by atoms with E-state index in [0.29, 0.717) is 65.6 Å². The van der Waals surface area contributed by atoms with Gasteiger partial charge in [0.2, 0.25) is 11.8 Å². The number of rotatable bonds is 12. The van der Waals surface area contributed by atoms with Crippen molar-refractivity contribution in [1.29, 1.82) is 0 Å². The summed E-state index contributed by atoms with van der Waals surface area (Å²) in [7, 11) is 1.60. The summed E-state index contributed by atoms with van der Waals surface area (Å²) in [6.45, 7) is 3.97. The lowest BCUT2D eigenvalue weighted by atomic mass is 9.98. The number of hydrogen-bond donors (Lipinski definition) is 4. The number of pyridine rings is 1. The zero-order valence-electron chi connectivity index (χ0n) is 25.6. The van der Waals surface area contributed by atoms with Crippen molar-refractivity contribution >= 4 is 34.8 Å². The molecule has 1 aliphatic heterocycles. The van der Waals surface area contributed by atoms with Crippen LogP contribution in [-0.4, -0.2) is 62.9 Å². The monoisotopic (exact) mass is 659 g/mol. The molecule has 3 aromatic heterocycles. The number of ether oxygens (including phenoxy) is 1. The summed E-state index contributed by atoms with van der Waals surface area (Å²) in [6.07, 6.45) is 2.84. The van der Waals surface area contributed by atoms with E-state index in [0.717, 1.165) is 39.9 Å². The summed E-state index contributed by atoms with van der Waals surface area (Å²) in [5.41, 5.74) is 6.87. The average Bonchev–Trinajstić information content (AvgIpc) is 3.66. The molecule has 0 unspecified atom stereocenters. The van der Waals surface area contributed by atoms with Crippen LogP contribution in [0.5, 0.6) is 5.88 Å². The number of carbonyl (C=O) groups is 1. The molecule has 46 heavy (non-hydrogen) atoms. The van der Waals surface area contributed by atoms with Crippen LogP contribution < -0.4 is 20.7 Å². The Labute approximate surface area is 277 Å². The fourth-order valence-corrected chi connectivity index (χ4v) is 6.24. The minimum atomic E-state index is -0.433. The Morgan fingerprint density at radius 3 is 2.33 bits per heavy atom. The Morgan fingerprint density at radius 1 is 0.957 bits per heavy atom. The van der Waals surface area contributed by atoms with Gasteiger partial charge in [0, 0.05) is 66.5 Å². The molecular formula is C34H35Cl2N7O3. The molecule has 1 aliphatic rings. The Hall–Kier alpha value is -4.06. The van der Waals surface area contributed by atoms with Gasteiger partial charge in [0.15, 0.2) is 5.65 Å². The van der Waals surface area contributed by atoms with E-state index in [1.54, 1.807) is 18.5 Å². The highest BCUT2D eigenvalue weighted by Gasteiger charge is 2.21. The van der Waals surface area contributed by atoms with Crippen molar-refractivity contribution in [2.45, 2.75) is 45.0 Å². The molecule has 2 atom stereocenters. The number of hydrogen-bond acceptors (Lipinski definition) is 8. The van der Waals surface area contributed by atoms with Gasteiger partial charge >= 0.3 is 0 Å². The number of amides is 1.